The van der Waals surface area contributed by atoms with E-state index in [9.17, 15) is 14.4 Å². The van der Waals surface area contributed by atoms with Gasteiger partial charge in [0.15, 0.2) is 6.61 Å². The number of carbonyl (C=O) groups excluding carboxylic acids is 2. The van der Waals surface area contributed by atoms with Gasteiger partial charge in [0.25, 0.3) is 0 Å². The average molecular weight is 289 g/mol. The number of fused-ring (bicyclic) bond motifs is 1. The molecular formula is C15H15NO5. The van der Waals surface area contributed by atoms with Gasteiger partial charge in [-0.25, -0.2) is 9.69 Å². The van der Waals surface area contributed by atoms with Gasteiger partial charge in [-0.05, 0) is 25.0 Å². The first-order valence-electron chi connectivity index (χ1n) is 6.91. The fourth-order valence-corrected chi connectivity index (χ4v) is 3.13. The summed E-state index contributed by atoms with van der Waals surface area (Å²) in [7, 11) is 0. The number of benzene rings is 1. The number of anilines is 1. The van der Waals surface area contributed by atoms with E-state index in [1.807, 2.05) is 0 Å². The van der Waals surface area contributed by atoms with Crippen molar-refractivity contribution in [3.63, 3.8) is 0 Å². The highest BCUT2D eigenvalue weighted by atomic mass is 16.5. The van der Waals surface area contributed by atoms with Crippen molar-refractivity contribution in [2.24, 2.45) is 11.8 Å². The predicted molar refractivity (Wildman–Crippen MR) is 72.9 cm³/mol. The van der Waals surface area contributed by atoms with Gasteiger partial charge in [-0.3, -0.25) is 9.59 Å². The molecule has 3 rings (SSSR count). The highest BCUT2D eigenvalue weighted by molar-refractivity contribution is 6.22. The SMILES string of the molecule is O=C(O)COc1ccccc1N1C(=O)C2CCCC2C1=O. The number of carbonyl (C=O) groups is 3. The summed E-state index contributed by atoms with van der Waals surface area (Å²) in [4.78, 5) is 36.6. The molecule has 2 fully saturated rings. The number of amides is 2. The molecule has 0 aromatic heterocycles. The summed E-state index contributed by atoms with van der Waals surface area (Å²) in [6.45, 7) is -0.514. The normalized spacial score (nSPS) is 24.3. The quantitative estimate of drug-likeness (QED) is 0.848. The van der Waals surface area contributed by atoms with Crippen LogP contribution in [0.4, 0.5) is 5.69 Å². The molecule has 21 heavy (non-hydrogen) atoms. The van der Waals surface area contributed by atoms with Crippen LogP contribution in [0.15, 0.2) is 24.3 Å². The monoisotopic (exact) mass is 289 g/mol. The van der Waals surface area contributed by atoms with E-state index >= 15 is 0 Å². The molecule has 1 N–H and O–H groups in total. The van der Waals surface area contributed by atoms with Gasteiger partial charge in [-0.15, -0.1) is 0 Å². The number of aliphatic carboxylic acids is 1. The van der Waals surface area contributed by atoms with Crippen LogP contribution in [0.5, 0.6) is 5.75 Å². The van der Waals surface area contributed by atoms with Crippen molar-refractivity contribution in [1.29, 1.82) is 0 Å². The van der Waals surface area contributed by atoms with Crippen LogP contribution < -0.4 is 9.64 Å². The second kappa shape index (κ2) is 5.20. The van der Waals surface area contributed by atoms with Crippen molar-refractivity contribution in [1.82, 2.24) is 0 Å². The van der Waals surface area contributed by atoms with E-state index in [4.69, 9.17) is 9.84 Å². The largest absolute Gasteiger partial charge is 0.480 e. The van der Waals surface area contributed by atoms with Crippen LogP contribution in [-0.4, -0.2) is 29.5 Å². The fraction of sp³-hybridized carbons (Fsp3) is 0.400. The lowest BCUT2D eigenvalue weighted by atomic mass is 10.00. The lowest BCUT2D eigenvalue weighted by Gasteiger charge is -2.19. The molecule has 1 aromatic rings. The number of hydrogen-bond acceptors (Lipinski definition) is 4. The highest BCUT2D eigenvalue weighted by Gasteiger charge is 2.50. The number of imide groups is 1. The van der Waals surface area contributed by atoms with Gasteiger partial charge in [0.1, 0.15) is 5.75 Å². The number of rotatable bonds is 4. The van der Waals surface area contributed by atoms with Crippen molar-refractivity contribution in [2.45, 2.75) is 19.3 Å². The van der Waals surface area contributed by atoms with Crippen LogP contribution in [-0.2, 0) is 14.4 Å². The summed E-state index contributed by atoms with van der Waals surface area (Å²) in [6.07, 6.45) is 2.38. The van der Waals surface area contributed by atoms with Crippen molar-refractivity contribution in [3.8, 4) is 5.75 Å². The minimum Gasteiger partial charge on any atom is -0.480 e. The van der Waals surface area contributed by atoms with Crippen LogP contribution in [0.3, 0.4) is 0 Å². The highest BCUT2D eigenvalue weighted by Crippen LogP contribution is 2.43. The number of carboxylic acids is 1. The first kappa shape index (κ1) is 13.6. The Morgan fingerprint density at radius 1 is 1.19 bits per heavy atom. The fourth-order valence-electron chi connectivity index (χ4n) is 3.13. The Balaban J connectivity index is 1.92. The van der Waals surface area contributed by atoms with Crippen molar-refractivity contribution >= 4 is 23.5 Å². The zero-order chi connectivity index (χ0) is 15.0. The third-order valence-electron chi connectivity index (χ3n) is 4.05. The predicted octanol–water partition coefficient (Wildman–Crippen LogP) is 1.44. The molecule has 6 nitrogen and oxygen atoms in total. The van der Waals surface area contributed by atoms with Crippen LogP contribution in [0.2, 0.25) is 0 Å². The standard InChI is InChI=1S/C15H15NO5/c17-13(18)8-21-12-7-2-1-6-11(12)16-14(19)9-4-3-5-10(9)15(16)20/h1-2,6-7,9-10H,3-5,8H2,(H,17,18). The van der Waals surface area contributed by atoms with Crippen LogP contribution in [0.25, 0.3) is 0 Å². The molecule has 2 aliphatic rings. The Hall–Kier alpha value is -2.37. The second-order valence-electron chi connectivity index (χ2n) is 5.31. The van der Waals surface area contributed by atoms with Gasteiger partial charge in [-0.2, -0.15) is 0 Å². The maximum absolute atomic E-state index is 12.4. The van der Waals surface area contributed by atoms with Gasteiger partial charge >= 0.3 is 5.97 Å². The summed E-state index contributed by atoms with van der Waals surface area (Å²) in [6, 6.07) is 6.53. The molecule has 1 aromatic carbocycles. The van der Waals surface area contributed by atoms with Crippen molar-refractivity contribution < 1.29 is 24.2 Å². The maximum atomic E-state index is 12.4. The molecule has 1 aliphatic carbocycles. The van der Waals surface area contributed by atoms with E-state index in [1.54, 1.807) is 24.3 Å². The third-order valence-corrected chi connectivity index (χ3v) is 4.05. The van der Waals surface area contributed by atoms with Crippen molar-refractivity contribution in [3.05, 3.63) is 24.3 Å². The molecule has 2 unspecified atom stereocenters. The summed E-state index contributed by atoms with van der Waals surface area (Å²) in [5, 5.41) is 8.69. The first-order valence-corrected chi connectivity index (χ1v) is 6.91. The zero-order valence-electron chi connectivity index (χ0n) is 11.3. The van der Waals surface area contributed by atoms with E-state index in [2.05, 4.69) is 0 Å². The average Bonchev–Trinajstić information content (AvgIpc) is 3.02. The number of para-hydroxylation sites is 2. The lowest BCUT2D eigenvalue weighted by Crippen LogP contribution is -2.32. The van der Waals surface area contributed by atoms with Gasteiger partial charge in [0.05, 0.1) is 17.5 Å². The molecule has 1 aliphatic heterocycles. The molecule has 1 heterocycles. The van der Waals surface area contributed by atoms with E-state index in [1.165, 1.54) is 0 Å². The minimum absolute atomic E-state index is 0.200. The Morgan fingerprint density at radius 2 is 1.81 bits per heavy atom. The Labute approximate surface area is 121 Å². The van der Waals surface area contributed by atoms with Crippen LogP contribution in [0.1, 0.15) is 19.3 Å². The van der Waals surface area contributed by atoms with Gasteiger partial charge < -0.3 is 9.84 Å². The second-order valence-corrected chi connectivity index (χ2v) is 5.31. The molecule has 0 bridgehead atoms. The Morgan fingerprint density at radius 3 is 2.43 bits per heavy atom. The molecule has 6 heteroatoms. The summed E-state index contributed by atoms with van der Waals surface area (Å²) >= 11 is 0. The number of hydrogen-bond donors (Lipinski definition) is 1. The molecule has 110 valence electrons. The maximum Gasteiger partial charge on any atom is 0.341 e. The molecular weight excluding hydrogens is 274 g/mol. The molecule has 1 saturated carbocycles. The topological polar surface area (TPSA) is 83.9 Å². The summed E-state index contributed by atoms with van der Waals surface area (Å²) in [5.74, 6) is -1.74. The molecule has 2 atom stereocenters. The number of carboxylic acid groups (broad SMARTS) is 1. The van der Waals surface area contributed by atoms with E-state index in [-0.39, 0.29) is 29.4 Å². The van der Waals surface area contributed by atoms with E-state index in [0.717, 1.165) is 24.2 Å². The van der Waals surface area contributed by atoms with Gasteiger partial charge in [0.2, 0.25) is 11.8 Å². The van der Waals surface area contributed by atoms with Gasteiger partial charge in [0, 0.05) is 0 Å². The molecule has 2 amide bonds. The number of ether oxygens (including phenoxy) is 1. The first-order chi connectivity index (χ1) is 10.1. The smallest absolute Gasteiger partial charge is 0.341 e. The van der Waals surface area contributed by atoms with E-state index in [0.29, 0.717) is 5.69 Å². The van der Waals surface area contributed by atoms with Gasteiger partial charge in [-0.1, -0.05) is 18.6 Å². The third kappa shape index (κ3) is 2.26. The Bertz CT molecular complexity index is 590. The molecule has 0 spiro atoms. The lowest BCUT2D eigenvalue weighted by molar-refractivity contribution is -0.139. The van der Waals surface area contributed by atoms with E-state index < -0.39 is 12.6 Å². The van der Waals surface area contributed by atoms with Crippen LogP contribution in [0, 0.1) is 11.8 Å². The summed E-state index contributed by atoms with van der Waals surface area (Å²) in [5.41, 5.74) is 0.336. The Kier molecular flexibility index (Phi) is 3.37. The van der Waals surface area contributed by atoms with Crippen molar-refractivity contribution in [2.75, 3.05) is 11.5 Å². The van der Waals surface area contributed by atoms with Crippen LogP contribution >= 0.6 is 0 Å². The molecule has 1 saturated heterocycles. The minimum atomic E-state index is -1.11. The summed E-state index contributed by atoms with van der Waals surface area (Å²) < 4.78 is 5.18. The number of nitrogens with zero attached hydrogens (tertiary/aromatic N) is 1. The molecule has 0 radical (unpaired) electrons. The zero-order valence-corrected chi connectivity index (χ0v) is 11.3.